The Labute approximate surface area is 194 Å². The van der Waals surface area contributed by atoms with E-state index in [1.165, 1.54) is 13.8 Å². The van der Waals surface area contributed by atoms with Crippen LogP contribution in [0.3, 0.4) is 0 Å². The first-order chi connectivity index (χ1) is 15.7. The van der Waals surface area contributed by atoms with Gasteiger partial charge in [0.1, 0.15) is 36.5 Å². The number of amides is 3. The molecule has 8 atom stereocenters. The van der Waals surface area contributed by atoms with E-state index in [4.69, 9.17) is 20.3 Å². The van der Waals surface area contributed by atoms with Gasteiger partial charge < -0.3 is 46.1 Å². The first-order valence-electron chi connectivity index (χ1n) is 10.3. The second-order valence-electron chi connectivity index (χ2n) is 7.80. The molecule has 15 nitrogen and oxygen atoms in total. The van der Waals surface area contributed by atoms with E-state index < -0.39 is 97.9 Å². The average Bonchev–Trinajstić information content (AvgIpc) is 2.75. The molecule has 0 bridgehead atoms. The van der Waals surface area contributed by atoms with Gasteiger partial charge in [-0.3, -0.25) is 24.1 Å². The maximum atomic E-state index is 12.8. The molecule has 1 unspecified atom stereocenters. The zero-order valence-electron chi connectivity index (χ0n) is 18.9. The molecular weight excluding hydrogens is 462 g/mol. The van der Waals surface area contributed by atoms with Gasteiger partial charge in [-0.15, -0.1) is 0 Å². The van der Waals surface area contributed by atoms with E-state index in [2.05, 4.69) is 5.32 Å². The van der Waals surface area contributed by atoms with E-state index in [1.54, 1.807) is 0 Å². The fourth-order valence-electron chi connectivity index (χ4n) is 3.32. The number of nitrogens with two attached hydrogens (primary N) is 1. The van der Waals surface area contributed by atoms with Gasteiger partial charge in [-0.2, -0.15) is 0 Å². The van der Waals surface area contributed by atoms with Crippen molar-refractivity contribution in [3.63, 3.8) is 0 Å². The van der Waals surface area contributed by atoms with Crippen molar-refractivity contribution in [2.45, 2.75) is 82.4 Å². The molecule has 15 heteroatoms. The first-order valence-corrected chi connectivity index (χ1v) is 10.3. The third-order valence-electron chi connectivity index (χ3n) is 5.19. The minimum absolute atomic E-state index is 0.363. The Balaban J connectivity index is 2.90. The van der Waals surface area contributed by atoms with E-state index >= 15 is 0 Å². The lowest BCUT2D eigenvalue weighted by Crippen LogP contribution is -2.64. The second-order valence-corrected chi connectivity index (χ2v) is 7.80. The SMILES string of the molecule is CC(=O)N(C(=O)[C@H](C)NC(=O)C(C)O[C@@H]1[C@@H](N)[C@@H](O)O[C@H](CO)[C@H]1O)[C@H](CCC(=O)O)C(=O)O. The number of hydrogen-bond donors (Lipinski definition) is 7. The molecule has 194 valence electrons. The van der Waals surface area contributed by atoms with Gasteiger partial charge >= 0.3 is 11.9 Å². The van der Waals surface area contributed by atoms with Crippen LogP contribution >= 0.6 is 0 Å². The van der Waals surface area contributed by atoms with Crippen LogP contribution in [0.1, 0.15) is 33.6 Å². The third-order valence-corrected chi connectivity index (χ3v) is 5.19. The van der Waals surface area contributed by atoms with Crippen molar-refractivity contribution in [1.29, 1.82) is 0 Å². The summed E-state index contributed by atoms with van der Waals surface area (Å²) in [6.07, 6.45) is -8.13. The molecule has 8 N–H and O–H groups in total. The summed E-state index contributed by atoms with van der Waals surface area (Å²) in [5, 5.41) is 49.7. The number of nitrogens with zero attached hydrogens (tertiary/aromatic N) is 1. The molecule has 3 amide bonds. The van der Waals surface area contributed by atoms with Crippen molar-refractivity contribution in [2.75, 3.05) is 6.61 Å². The predicted molar refractivity (Wildman–Crippen MR) is 110 cm³/mol. The molecule has 0 saturated carbocycles. The number of carbonyl (C=O) groups excluding carboxylic acids is 3. The Morgan fingerprint density at radius 1 is 1.15 bits per heavy atom. The van der Waals surface area contributed by atoms with Crippen molar-refractivity contribution < 1.29 is 59.0 Å². The highest BCUT2D eigenvalue weighted by Crippen LogP contribution is 2.22. The summed E-state index contributed by atoms with van der Waals surface area (Å²) < 4.78 is 10.4. The normalized spacial score (nSPS) is 27.2. The van der Waals surface area contributed by atoms with Crippen LogP contribution < -0.4 is 11.1 Å². The first kappa shape index (κ1) is 29.3. The smallest absolute Gasteiger partial charge is 0.326 e. The molecule has 0 aromatic carbocycles. The highest BCUT2D eigenvalue weighted by Gasteiger charge is 2.45. The van der Waals surface area contributed by atoms with Gasteiger partial charge in [0.2, 0.25) is 11.8 Å². The Morgan fingerprint density at radius 2 is 1.74 bits per heavy atom. The molecule has 0 aromatic heterocycles. The average molecular weight is 493 g/mol. The fraction of sp³-hybridized carbons (Fsp3) is 0.737. The molecule has 1 saturated heterocycles. The van der Waals surface area contributed by atoms with Crippen LogP contribution in [-0.4, -0.2) is 116 Å². The number of carboxylic acids is 2. The topological polar surface area (TPSA) is 246 Å². The number of rotatable bonds is 11. The van der Waals surface area contributed by atoms with Crippen LogP contribution in [0.5, 0.6) is 0 Å². The van der Waals surface area contributed by atoms with Gasteiger partial charge in [0.25, 0.3) is 5.91 Å². The maximum Gasteiger partial charge on any atom is 0.326 e. The number of ether oxygens (including phenoxy) is 2. The predicted octanol–water partition coefficient (Wildman–Crippen LogP) is -3.64. The van der Waals surface area contributed by atoms with Gasteiger partial charge in [-0.05, 0) is 20.3 Å². The van der Waals surface area contributed by atoms with E-state index in [0.717, 1.165) is 6.92 Å². The molecular formula is C19H31N3O12. The lowest BCUT2D eigenvalue weighted by molar-refractivity contribution is -0.261. The lowest BCUT2D eigenvalue weighted by Gasteiger charge is -2.41. The number of nitrogens with one attached hydrogen (secondary N) is 1. The van der Waals surface area contributed by atoms with E-state index in [1.807, 2.05) is 0 Å². The summed E-state index contributed by atoms with van der Waals surface area (Å²) in [6, 6.07) is -4.45. The van der Waals surface area contributed by atoms with E-state index in [9.17, 15) is 44.4 Å². The maximum absolute atomic E-state index is 12.8. The molecule has 0 spiro atoms. The minimum atomic E-state index is -1.76. The number of aliphatic carboxylic acids is 2. The van der Waals surface area contributed by atoms with Crippen LogP contribution in [-0.2, 0) is 33.4 Å². The third kappa shape index (κ3) is 7.41. The van der Waals surface area contributed by atoms with Crippen molar-refractivity contribution in [3.8, 4) is 0 Å². The van der Waals surface area contributed by atoms with Crippen LogP contribution in [0, 0.1) is 0 Å². The molecule has 1 aliphatic rings. The summed E-state index contributed by atoms with van der Waals surface area (Å²) in [4.78, 5) is 60.0. The van der Waals surface area contributed by atoms with Crippen molar-refractivity contribution >= 4 is 29.7 Å². The molecule has 1 rings (SSSR count). The van der Waals surface area contributed by atoms with Gasteiger partial charge in [-0.1, -0.05) is 0 Å². The van der Waals surface area contributed by atoms with Crippen molar-refractivity contribution in [1.82, 2.24) is 10.2 Å². The highest BCUT2D eigenvalue weighted by atomic mass is 16.6. The Kier molecular flexibility index (Phi) is 10.9. The lowest BCUT2D eigenvalue weighted by atomic mass is 9.97. The summed E-state index contributed by atoms with van der Waals surface area (Å²) >= 11 is 0. The fourth-order valence-corrected chi connectivity index (χ4v) is 3.32. The van der Waals surface area contributed by atoms with Crippen LogP contribution in [0.2, 0.25) is 0 Å². The molecule has 0 aromatic rings. The van der Waals surface area contributed by atoms with Crippen molar-refractivity contribution in [2.24, 2.45) is 5.73 Å². The summed E-state index contributed by atoms with van der Waals surface area (Å²) in [7, 11) is 0. The van der Waals surface area contributed by atoms with Gasteiger partial charge in [-0.25, -0.2) is 4.79 Å². The van der Waals surface area contributed by atoms with Gasteiger partial charge in [0.05, 0.1) is 12.6 Å². The Morgan fingerprint density at radius 3 is 2.21 bits per heavy atom. The molecule has 1 fully saturated rings. The zero-order valence-corrected chi connectivity index (χ0v) is 18.9. The van der Waals surface area contributed by atoms with Crippen LogP contribution in [0.15, 0.2) is 0 Å². The van der Waals surface area contributed by atoms with E-state index in [0.29, 0.717) is 4.90 Å². The van der Waals surface area contributed by atoms with Crippen LogP contribution in [0.4, 0.5) is 0 Å². The summed E-state index contributed by atoms with van der Waals surface area (Å²) in [5.74, 6) is -5.88. The second kappa shape index (κ2) is 12.7. The minimum Gasteiger partial charge on any atom is -0.481 e. The number of aliphatic hydroxyl groups excluding tert-OH is 3. The number of aliphatic hydroxyl groups is 3. The highest BCUT2D eigenvalue weighted by molar-refractivity contribution is 6.01. The largest absolute Gasteiger partial charge is 0.481 e. The van der Waals surface area contributed by atoms with Crippen LogP contribution in [0.25, 0.3) is 0 Å². The monoisotopic (exact) mass is 493 g/mol. The van der Waals surface area contributed by atoms with Gasteiger partial charge in [0.15, 0.2) is 6.29 Å². The Hall–Kier alpha value is -2.69. The van der Waals surface area contributed by atoms with Crippen molar-refractivity contribution in [3.05, 3.63) is 0 Å². The molecule has 0 radical (unpaired) electrons. The van der Waals surface area contributed by atoms with E-state index in [-0.39, 0.29) is 0 Å². The number of imide groups is 1. The number of hydrogen-bond acceptors (Lipinski definition) is 11. The molecule has 1 aliphatic heterocycles. The summed E-state index contributed by atoms with van der Waals surface area (Å²) in [6.45, 7) is 2.69. The molecule has 0 aliphatic carbocycles. The zero-order chi connectivity index (χ0) is 26.3. The standard InChI is InChI=1S/C19H31N3O12/c1-7(17(29)22(9(3)24)10(18(30)31)4-5-12(25)26)21-16(28)8(2)33-15-13(20)19(32)34-11(6-23)14(15)27/h7-8,10-11,13-15,19,23,27,32H,4-6,20H2,1-3H3,(H,21,28)(H,25,26)(H,30,31)/t7-,8?,10+,11+,13+,14+,15+,19-/m0/s1. The quantitative estimate of drug-likeness (QED) is 0.147. The Bertz CT molecular complexity index is 778. The number of carboxylic acid groups (broad SMARTS) is 2. The number of carbonyl (C=O) groups is 5. The van der Waals surface area contributed by atoms with Gasteiger partial charge in [0, 0.05) is 13.3 Å². The summed E-state index contributed by atoms with van der Waals surface area (Å²) in [5.41, 5.74) is 5.74. The molecule has 34 heavy (non-hydrogen) atoms. The molecule has 1 heterocycles.